The Hall–Kier alpha value is -2.73. The van der Waals surface area contributed by atoms with Crippen LogP contribution in [0.3, 0.4) is 0 Å². The van der Waals surface area contributed by atoms with Crippen molar-refractivity contribution < 1.29 is 81.4 Å². The minimum atomic E-state index is -1.63. The van der Waals surface area contributed by atoms with E-state index in [0.29, 0.717) is 105 Å². The predicted molar refractivity (Wildman–Crippen MR) is 337 cm³/mol. The average Bonchev–Trinajstić information content (AvgIpc) is 3.64. The number of aliphatic hydroxyl groups is 1. The van der Waals surface area contributed by atoms with Crippen molar-refractivity contribution in [1.29, 1.82) is 0 Å². The van der Waals surface area contributed by atoms with Crippen LogP contribution >= 0.6 is 58.8 Å². The van der Waals surface area contributed by atoms with Crippen LogP contribution in [0.5, 0.6) is 0 Å². The minimum absolute atomic E-state index is 0.00233. The fraction of sp³-hybridized carbons (Fsp3) is 0.860. The second kappa shape index (κ2) is 51.2. The van der Waals surface area contributed by atoms with Crippen LogP contribution < -0.4 is 28.7 Å². The van der Waals surface area contributed by atoms with E-state index in [2.05, 4.69) is 0 Å². The molecule has 22 nitrogen and oxygen atoms in total. The van der Waals surface area contributed by atoms with Crippen LogP contribution in [0, 0.1) is 23.7 Å². The molecule has 490 valence electrons. The molecule has 0 heterocycles. The van der Waals surface area contributed by atoms with Gasteiger partial charge in [0.05, 0.1) is 6.61 Å². The second-order valence-electron chi connectivity index (χ2n) is 21.6. The Labute approximate surface area is 521 Å². The van der Waals surface area contributed by atoms with Crippen molar-refractivity contribution >= 4 is 107 Å². The predicted octanol–water partition coefficient (Wildman–Crippen LogP) is 5.43. The van der Waals surface area contributed by atoms with E-state index < -0.39 is 96.6 Å². The van der Waals surface area contributed by atoms with Crippen LogP contribution in [0.2, 0.25) is 0 Å². The van der Waals surface area contributed by atoms with Crippen LogP contribution in [-0.4, -0.2) is 199 Å². The van der Waals surface area contributed by atoms with Gasteiger partial charge in [-0.2, -0.15) is 58.8 Å². The van der Waals surface area contributed by atoms with Gasteiger partial charge >= 0.3 is 47.8 Å². The van der Waals surface area contributed by atoms with Crippen LogP contribution in [0.4, 0.5) is 0 Å². The summed E-state index contributed by atoms with van der Waals surface area (Å²) in [5.41, 5.74) is 28.2. The zero-order valence-electron chi connectivity index (χ0n) is 51.3. The van der Waals surface area contributed by atoms with Gasteiger partial charge in [0.2, 0.25) is 0 Å². The number of aliphatic hydroxyl groups excluding tert-OH is 1. The molecule has 0 fully saturated rings. The fourth-order valence-corrected chi connectivity index (χ4v) is 11.3. The van der Waals surface area contributed by atoms with Crippen molar-refractivity contribution in [3.05, 3.63) is 0 Å². The van der Waals surface area contributed by atoms with E-state index in [0.717, 1.165) is 17.3 Å². The Morgan fingerprint density at radius 1 is 0.310 bits per heavy atom. The zero-order valence-corrected chi connectivity index (χ0v) is 55.4. The number of thioether (sulfide) groups is 5. The van der Waals surface area contributed by atoms with Crippen LogP contribution in [0.1, 0.15) is 139 Å². The maximum absolute atomic E-state index is 14.4. The molecule has 0 amide bonds. The van der Waals surface area contributed by atoms with Gasteiger partial charge in [-0.1, -0.05) is 55.4 Å². The van der Waals surface area contributed by atoms with Gasteiger partial charge in [0, 0.05) is 61.5 Å². The molecule has 0 aromatic carbocycles. The quantitative estimate of drug-likeness (QED) is 0.0251. The lowest BCUT2D eigenvalue weighted by Gasteiger charge is -2.27. The third-order valence-electron chi connectivity index (χ3n) is 11.7. The van der Waals surface area contributed by atoms with Crippen molar-refractivity contribution in [3.8, 4) is 0 Å². The zero-order chi connectivity index (χ0) is 63.2. The Kier molecular flexibility index (Phi) is 49.5. The third-order valence-corrected chi connectivity index (χ3v) is 17.2. The summed E-state index contributed by atoms with van der Waals surface area (Å²) < 4.78 is 46.0. The van der Waals surface area contributed by atoms with Gasteiger partial charge in [0.1, 0.15) is 0 Å². The van der Waals surface area contributed by atoms with E-state index >= 15 is 0 Å². The number of hydrogen-bond donors (Lipinski definition) is 6. The lowest BCUT2D eigenvalue weighted by Crippen LogP contribution is -2.43. The summed E-state index contributed by atoms with van der Waals surface area (Å²) in [6, 6.07) is 0. The first-order valence-corrected chi connectivity index (χ1v) is 35.5. The molecule has 0 aromatic rings. The highest BCUT2D eigenvalue weighted by molar-refractivity contribution is 8.00. The van der Waals surface area contributed by atoms with Gasteiger partial charge in [-0.25, -0.2) is 38.4 Å². The Bertz CT molecular complexity index is 1830. The molecule has 0 aromatic heterocycles. The molecule has 0 unspecified atom stereocenters. The largest absolute Gasteiger partial charge is 0.463 e. The van der Waals surface area contributed by atoms with Crippen molar-refractivity contribution in [2.45, 2.75) is 188 Å². The first-order chi connectivity index (χ1) is 40.0. The molecular formula is C57H105N5O17S5. The molecule has 0 bridgehead atoms. The van der Waals surface area contributed by atoms with E-state index in [-0.39, 0.29) is 81.6 Å². The third kappa shape index (κ3) is 40.7. The molecule has 0 saturated heterocycles. The first-order valence-electron chi connectivity index (χ1n) is 29.7. The van der Waals surface area contributed by atoms with Gasteiger partial charge in [-0.05, 0) is 136 Å². The SMILES string of the molecule is CC(C)C[C@H](OC(=O)[C@H](CCCSCCN)OC(=O)[C@H](CC(C)C)OC(=O)[C@H](CCCSCCN)OC(=O)[C@H](CC(C)C)OC(=O)[C@H](CCCSCCN)OC(=O)[C@H](CC(C)C)OC(=O)[C@@H](O)CCCSCCN)C(=O)OCCCSCCN. The molecule has 0 spiro atoms. The number of hydrogen-bond acceptors (Lipinski definition) is 27. The molecule has 0 aliphatic carbocycles. The van der Waals surface area contributed by atoms with E-state index in [1.54, 1.807) is 76.8 Å². The normalized spacial score (nSPS) is 14.5. The van der Waals surface area contributed by atoms with Crippen molar-refractivity contribution in [2.75, 3.05) is 96.9 Å². The standard InChI is InChI=1S/C57H105N5O17S5/c1-38(2)34-46(51(65)72-23-13-28-84-33-22-62)77-52(66)43(15-10-25-81-30-19-59)74-56(70)48(36-40(5)6)79-54(68)45(17-12-27-83-32-21-61)75-57(71)49(37-41(7)8)78-53(67)44(16-11-26-82-31-20-60)73-55(69)47(35-39(3)4)76-50(64)42(63)14-9-24-80-29-18-58/h38-49,63H,9-37,58-62H2,1-8H3/t42-,43-,44-,45-,46-,47-,48-,49-/m0/s1. The van der Waals surface area contributed by atoms with Gasteiger partial charge in [0.15, 0.2) is 48.8 Å². The molecule has 0 rings (SSSR count). The summed E-state index contributed by atoms with van der Waals surface area (Å²) in [5, 5.41) is 10.6. The monoisotopic (exact) mass is 1290 g/mol. The summed E-state index contributed by atoms with van der Waals surface area (Å²) in [6.07, 6.45) is -10.2. The number of carbonyl (C=O) groups is 8. The van der Waals surface area contributed by atoms with Gasteiger partial charge in [0.25, 0.3) is 0 Å². The van der Waals surface area contributed by atoms with E-state index in [9.17, 15) is 43.5 Å². The molecule has 11 N–H and O–H groups in total. The average molecular weight is 1290 g/mol. The maximum atomic E-state index is 14.4. The Morgan fingerprint density at radius 2 is 0.536 bits per heavy atom. The van der Waals surface area contributed by atoms with Crippen LogP contribution in [-0.2, 0) is 76.3 Å². The number of rotatable bonds is 53. The topological polar surface area (TPSA) is 361 Å². The fourth-order valence-electron chi connectivity index (χ4n) is 7.64. The van der Waals surface area contributed by atoms with Crippen LogP contribution in [0.15, 0.2) is 0 Å². The Morgan fingerprint density at radius 3 is 0.810 bits per heavy atom. The van der Waals surface area contributed by atoms with Gasteiger partial charge in [-0.3, -0.25) is 0 Å². The van der Waals surface area contributed by atoms with E-state index in [4.69, 9.17) is 66.6 Å². The molecule has 84 heavy (non-hydrogen) atoms. The number of nitrogens with two attached hydrogens (primary N) is 5. The lowest BCUT2D eigenvalue weighted by atomic mass is 10.0. The summed E-state index contributed by atoms with van der Waals surface area (Å²) in [6.45, 7) is 16.8. The van der Waals surface area contributed by atoms with E-state index in [1.807, 2.05) is 13.8 Å². The molecule has 27 heteroatoms. The lowest BCUT2D eigenvalue weighted by molar-refractivity contribution is -0.193. The highest BCUT2D eigenvalue weighted by Crippen LogP contribution is 2.24. The number of esters is 8. The van der Waals surface area contributed by atoms with Crippen molar-refractivity contribution in [1.82, 2.24) is 0 Å². The van der Waals surface area contributed by atoms with Crippen molar-refractivity contribution in [3.63, 3.8) is 0 Å². The molecule has 0 radical (unpaired) electrons. The molecular weight excluding hydrogens is 1190 g/mol. The maximum Gasteiger partial charge on any atom is 0.348 e. The van der Waals surface area contributed by atoms with Crippen LogP contribution in [0.25, 0.3) is 0 Å². The highest BCUT2D eigenvalue weighted by Gasteiger charge is 2.40. The Balaban J connectivity index is 6.92. The summed E-state index contributed by atoms with van der Waals surface area (Å²) in [4.78, 5) is 111. The van der Waals surface area contributed by atoms with Crippen molar-refractivity contribution in [2.24, 2.45) is 52.3 Å². The summed E-state index contributed by atoms with van der Waals surface area (Å²) >= 11 is 7.77. The molecule has 0 aliphatic rings. The highest BCUT2D eigenvalue weighted by atomic mass is 32.2. The van der Waals surface area contributed by atoms with Gasteiger partial charge < -0.3 is 71.7 Å². The molecule has 0 saturated carbocycles. The minimum Gasteiger partial charge on any atom is -0.463 e. The first kappa shape index (κ1) is 81.3. The smallest absolute Gasteiger partial charge is 0.348 e. The van der Waals surface area contributed by atoms with Gasteiger partial charge in [-0.15, -0.1) is 0 Å². The molecule has 8 atom stereocenters. The summed E-state index contributed by atoms with van der Waals surface area (Å²) in [7, 11) is 0. The number of carbonyl (C=O) groups excluding carboxylic acids is 8. The second-order valence-corrected chi connectivity index (χ2v) is 27.7. The molecule has 0 aliphatic heterocycles. The van der Waals surface area contributed by atoms with E-state index in [1.165, 1.54) is 23.5 Å². The summed E-state index contributed by atoms with van der Waals surface area (Å²) in [5.74, 6) is -2.63. The number of ether oxygens (including phenoxy) is 8.